The Balaban J connectivity index is 2.84. The highest BCUT2D eigenvalue weighted by atomic mass is 16.2. The molecule has 2 aromatic heterocycles. The molecule has 0 aliphatic carbocycles. The molecule has 2 amide bonds. The Morgan fingerprint density at radius 2 is 1.83 bits per heavy atom. The molecular weight excluding hydrogens is 234 g/mol. The second-order valence-electron chi connectivity index (χ2n) is 3.75. The smallest absolute Gasteiger partial charge is 0.271 e. The molecule has 2 rings (SSSR count). The van der Waals surface area contributed by atoms with Gasteiger partial charge in [0.25, 0.3) is 5.56 Å². The monoisotopic (exact) mass is 245 g/mol. The van der Waals surface area contributed by atoms with Crippen LogP contribution < -0.4 is 10.6 Å². The van der Waals surface area contributed by atoms with Crippen LogP contribution in [0.4, 0.5) is 0 Å². The fourth-order valence-corrected chi connectivity index (χ4v) is 1.75. The van der Waals surface area contributed by atoms with Crippen molar-refractivity contribution in [2.24, 2.45) is 0 Å². The van der Waals surface area contributed by atoms with Crippen LogP contribution in [0.25, 0.3) is 11.0 Å². The SMILES string of the molecule is CC(=O)N(C(C)=O)n1c(=O)ccc2cccnc21. The van der Waals surface area contributed by atoms with Gasteiger partial charge in [-0.15, -0.1) is 0 Å². The summed E-state index contributed by atoms with van der Waals surface area (Å²) in [5.41, 5.74) is -0.206. The van der Waals surface area contributed by atoms with Crippen molar-refractivity contribution < 1.29 is 9.59 Å². The van der Waals surface area contributed by atoms with Gasteiger partial charge in [0.05, 0.1) is 0 Å². The van der Waals surface area contributed by atoms with E-state index in [-0.39, 0.29) is 5.65 Å². The summed E-state index contributed by atoms with van der Waals surface area (Å²) in [4.78, 5) is 38.9. The Morgan fingerprint density at radius 1 is 1.17 bits per heavy atom. The highest BCUT2D eigenvalue weighted by molar-refractivity contribution is 6.07. The summed E-state index contributed by atoms with van der Waals surface area (Å²) in [5.74, 6) is -1.08. The van der Waals surface area contributed by atoms with Crippen molar-refractivity contribution in [1.29, 1.82) is 0 Å². The standard InChI is InChI=1S/C12H11N3O3/c1-8(16)14(9(2)17)15-11(18)6-5-10-4-3-7-13-12(10)15/h3-7H,1-2H3. The van der Waals surface area contributed by atoms with Crippen LogP contribution in [-0.4, -0.2) is 21.5 Å². The lowest BCUT2D eigenvalue weighted by atomic mass is 10.3. The summed E-state index contributed by atoms with van der Waals surface area (Å²) >= 11 is 0. The van der Waals surface area contributed by atoms with Crippen molar-refractivity contribution in [2.45, 2.75) is 13.8 Å². The van der Waals surface area contributed by atoms with Crippen LogP contribution in [-0.2, 0) is 9.59 Å². The minimum Gasteiger partial charge on any atom is -0.273 e. The van der Waals surface area contributed by atoms with Crippen molar-refractivity contribution in [3.63, 3.8) is 0 Å². The van der Waals surface area contributed by atoms with Gasteiger partial charge in [0.15, 0.2) is 5.65 Å². The Labute approximate surface area is 102 Å². The molecule has 0 aromatic carbocycles. The molecule has 0 saturated heterocycles. The Hall–Kier alpha value is -2.50. The van der Waals surface area contributed by atoms with Crippen LogP contribution in [0, 0.1) is 0 Å². The number of rotatable bonds is 1. The molecule has 0 fully saturated rings. The molecule has 0 aliphatic heterocycles. The van der Waals surface area contributed by atoms with Crippen molar-refractivity contribution in [3.05, 3.63) is 40.8 Å². The Morgan fingerprint density at radius 3 is 2.44 bits per heavy atom. The average Bonchev–Trinajstić information content (AvgIpc) is 2.31. The molecule has 6 heteroatoms. The fraction of sp³-hybridized carbons (Fsp3) is 0.167. The van der Waals surface area contributed by atoms with E-state index in [0.29, 0.717) is 5.39 Å². The van der Waals surface area contributed by atoms with Gasteiger partial charge in [0, 0.05) is 31.5 Å². The Bertz CT molecular complexity index is 676. The van der Waals surface area contributed by atoms with Crippen LogP contribution in [0.2, 0.25) is 0 Å². The fourth-order valence-electron chi connectivity index (χ4n) is 1.75. The van der Waals surface area contributed by atoms with Crippen LogP contribution in [0.5, 0.6) is 0 Å². The lowest BCUT2D eigenvalue weighted by Gasteiger charge is -2.20. The second-order valence-corrected chi connectivity index (χ2v) is 3.75. The maximum Gasteiger partial charge on any atom is 0.271 e. The molecule has 0 radical (unpaired) electrons. The van der Waals surface area contributed by atoms with E-state index in [1.807, 2.05) is 0 Å². The van der Waals surface area contributed by atoms with Crippen LogP contribution in [0.3, 0.4) is 0 Å². The van der Waals surface area contributed by atoms with Crippen LogP contribution in [0.1, 0.15) is 13.8 Å². The first-order valence-electron chi connectivity index (χ1n) is 5.30. The van der Waals surface area contributed by atoms with Gasteiger partial charge < -0.3 is 0 Å². The molecule has 0 bridgehead atoms. The lowest BCUT2D eigenvalue weighted by Crippen LogP contribution is -2.48. The zero-order valence-corrected chi connectivity index (χ0v) is 9.95. The largest absolute Gasteiger partial charge is 0.273 e. The number of nitrogens with zero attached hydrogens (tertiary/aromatic N) is 3. The molecule has 0 N–H and O–H groups in total. The van der Waals surface area contributed by atoms with Gasteiger partial charge >= 0.3 is 0 Å². The van der Waals surface area contributed by atoms with E-state index in [4.69, 9.17) is 0 Å². The molecule has 0 saturated carbocycles. The van der Waals surface area contributed by atoms with Crippen LogP contribution in [0.15, 0.2) is 35.3 Å². The minimum atomic E-state index is -0.539. The van der Waals surface area contributed by atoms with Gasteiger partial charge in [0.2, 0.25) is 11.8 Å². The molecule has 92 valence electrons. The molecule has 18 heavy (non-hydrogen) atoms. The molecule has 2 heterocycles. The van der Waals surface area contributed by atoms with Crippen molar-refractivity contribution in [3.8, 4) is 0 Å². The second kappa shape index (κ2) is 4.40. The van der Waals surface area contributed by atoms with E-state index in [0.717, 1.165) is 9.69 Å². The van der Waals surface area contributed by atoms with E-state index < -0.39 is 17.4 Å². The number of aromatic nitrogens is 2. The first kappa shape index (κ1) is 12.0. The van der Waals surface area contributed by atoms with Gasteiger partial charge in [-0.25, -0.2) is 4.98 Å². The van der Waals surface area contributed by atoms with E-state index in [1.54, 1.807) is 18.2 Å². The molecule has 2 aromatic rings. The number of carbonyl (C=O) groups excluding carboxylic acids is 2. The number of imide groups is 1. The van der Waals surface area contributed by atoms with E-state index in [1.165, 1.54) is 26.1 Å². The normalized spacial score (nSPS) is 10.3. The lowest BCUT2D eigenvalue weighted by molar-refractivity contribution is -0.126. The van der Waals surface area contributed by atoms with Gasteiger partial charge in [-0.3, -0.25) is 14.4 Å². The number of hydrogen-bond acceptors (Lipinski definition) is 4. The van der Waals surface area contributed by atoms with Crippen molar-refractivity contribution in [1.82, 2.24) is 9.66 Å². The summed E-state index contributed by atoms with van der Waals surface area (Å²) in [6.07, 6.45) is 1.50. The number of amides is 2. The quantitative estimate of drug-likeness (QED) is 0.730. The van der Waals surface area contributed by atoms with Gasteiger partial charge in [-0.2, -0.15) is 9.69 Å². The van der Waals surface area contributed by atoms with Gasteiger partial charge in [-0.05, 0) is 18.2 Å². The number of carbonyl (C=O) groups is 2. The van der Waals surface area contributed by atoms with Crippen molar-refractivity contribution >= 4 is 22.8 Å². The van der Waals surface area contributed by atoms with Gasteiger partial charge in [-0.1, -0.05) is 0 Å². The summed E-state index contributed by atoms with van der Waals surface area (Å²) in [7, 11) is 0. The summed E-state index contributed by atoms with van der Waals surface area (Å²) in [5, 5.41) is 1.45. The maximum absolute atomic E-state index is 11.9. The maximum atomic E-state index is 11.9. The third-order valence-electron chi connectivity index (χ3n) is 2.43. The third kappa shape index (κ3) is 1.88. The minimum absolute atomic E-state index is 0.274. The molecule has 0 atom stereocenters. The first-order chi connectivity index (χ1) is 8.52. The predicted molar refractivity (Wildman–Crippen MR) is 65.6 cm³/mol. The molecular formula is C12H11N3O3. The Kier molecular flexibility index (Phi) is 2.93. The molecule has 0 spiro atoms. The molecule has 0 aliphatic rings. The average molecular weight is 245 g/mol. The summed E-state index contributed by atoms with van der Waals surface area (Å²) < 4.78 is 0.986. The zero-order chi connectivity index (χ0) is 13.3. The molecule has 0 unspecified atom stereocenters. The van der Waals surface area contributed by atoms with E-state index >= 15 is 0 Å². The highest BCUT2D eigenvalue weighted by Crippen LogP contribution is 2.08. The first-order valence-corrected chi connectivity index (χ1v) is 5.30. The number of hydrogen-bond donors (Lipinski definition) is 0. The topological polar surface area (TPSA) is 72.3 Å². The molecule has 6 nitrogen and oxygen atoms in total. The van der Waals surface area contributed by atoms with E-state index in [2.05, 4.69) is 4.98 Å². The zero-order valence-electron chi connectivity index (χ0n) is 9.95. The summed E-state index contributed by atoms with van der Waals surface area (Å²) in [6.45, 7) is 2.44. The van der Waals surface area contributed by atoms with Crippen LogP contribution >= 0.6 is 0 Å². The number of pyridine rings is 2. The summed E-state index contributed by atoms with van der Waals surface area (Å²) in [6, 6.07) is 6.35. The number of fused-ring (bicyclic) bond motifs is 1. The van der Waals surface area contributed by atoms with Gasteiger partial charge in [0.1, 0.15) is 0 Å². The van der Waals surface area contributed by atoms with Crippen molar-refractivity contribution in [2.75, 3.05) is 5.01 Å². The third-order valence-corrected chi connectivity index (χ3v) is 2.43. The highest BCUT2D eigenvalue weighted by Gasteiger charge is 2.19. The van der Waals surface area contributed by atoms with E-state index in [9.17, 15) is 14.4 Å². The predicted octanol–water partition coefficient (Wildman–Crippen LogP) is 0.427.